The fraction of sp³-hybridized carbons (Fsp3) is 0.250. The number of hydrogen-bond donors (Lipinski definition) is 1. The van der Waals surface area contributed by atoms with Crippen molar-refractivity contribution in [1.29, 1.82) is 0 Å². The molecule has 0 amide bonds. The zero-order valence-corrected chi connectivity index (χ0v) is 12.7. The Morgan fingerprint density at radius 3 is 2.86 bits per heavy atom. The third-order valence-corrected chi connectivity index (χ3v) is 4.23. The summed E-state index contributed by atoms with van der Waals surface area (Å²) in [6, 6.07) is 12.5. The van der Waals surface area contributed by atoms with Gasteiger partial charge in [-0.25, -0.2) is 9.97 Å². The van der Waals surface area contributed by atoms with E-state index < -0.39 is 0 Å². The second kappa shape index (κ2) is 6.65. The van der Waals surface area contributed by atoms with Crippen LogP contribution in [0.15, 0.2) is 42.7 Å². The van der Waals surface area contributed by atoms with Gasteiger partial charge in [-0.3, -0.25) is 0 Å². The van der Waals surface area contributed by atoms with Crippen LogP contribution in [0.2, 0.25) is 0 Å². The molecule has 108 valence electrons. The normalized spacial score (nSPS) is 10.9. The molecule has 0 aliphatic rings. The zero-order chi connectivity index (χ0) is 14.5. The van der Waals surface area contributed by atoms with E-state index >= 15 is 0 Å². The second-order valence-corrected chi connectivity index (χ2v) is 5.86. The molecular formula is C16H17N3OS. The van der Waals surface area contributed by atoms with Gasteiger partial charge in [-0.2, -0.15) is 0 Å². The Labute approximate surface area is 127 Å². The van der Waals surface area contributed by atoms with Crippen molar-refractivity contribution < 1.29 is 4.74 Å². The maximum atomic E-state index is 5.18. The largest absolute Gasteiger partial charge is 0.379 e. The lowest BCUT2D eigenvalue weighted by Gasteiger charge is -2.06. The van der Waals surface area contributed by atoms with Crippen molar-refractivity contribution in [2.24, 2.45) is 0 Å². The van der Waals surface area contributed by atoms with E-state index in [-0.39, 0.29) is 0 Å². The van der Waals surface area contributed by atoms with E-state index in [0.717, 1.165) is 29.0 Å². The fourth-order valence-electron chi connectivity index (χ4n) is 2.23. The molecule has 0 fully saturated rings. The first-order chi connectivity index (χ1) is 10.4. The van der Waals surface area contributed by atoms with E-state index in [9.17, 15) is 0 Å². The molecule has 0 saturated carbocycles. The number of benzene rings is 1. The quantitative estimate of drug-likeness (QED) is 0.757. The van der Waals surface area contributed by atoms with Gasteiger partial charge in [0.2, 0.25) is 0 Å². The molecular weight excluding hydrogens is 282 g/mol. The summed E-state index contributed by atoms with van der Waals surface area (Å²) in [5, 5.41) is 4.48. The maximum absolute atomic E-state index is 5.18. The molecule has 2 aromatic heterocycles. The number of thiophene rings is 1. The maximum Gasteiger partial charge on any atom is 0.138 e. The first-order valence-corrected chi connectivity index (χ1v) is 7.68. The lowest BCUT2D eigenvalue weighted by atomic mass is 10.1. The van der Waals surface area contributed by atoms with Gasteiger partial charge in [0, 0.05) is 18.5 Å². The highest BCUT2D eigenvalue weighted by molar-refractivity contribution is 7.18. The third kappa shape index (κ3) is 3.37. The van der Waals surface area contributed by atoms with Gasteiger partial charge in [0.25, 0.3) is 0 Å². The summed E-state index contributed by atoms with van der Waals surface area (Å²) in [5.41, 5.74) is 1.32. The van der Waals surface area contributed by atoms with E-state index in [1.807, 2.05) is 6.07 Å². The van der Waals surface area contributed by atoms with Crippen LogP contribution in [-0.4, -0.2) is 23.6 Å². The Morgan fingerprint density at radius 2 is 2.05 bits per heavy atom. The molecule has 4 nitrogen and oxygen atoms in total. The molecule has 3 aromatic rings. The molecule has 0 spiro atoms. The van der Waals surface area contributed by atoms with Crippen LogP contribution < -0.4 is 5.32 Å². The molecule has 0 radical (unpaired) electrons. The first-order valence-electron chi connectivity index (χ1n) is 6.87. The molecule has 0 bridgehead atoms. The van der Waals surface area contributed by atoms with Crippen molar-refractivity contribution in [3.05, 3.63) is 53.2 Å². The van der Waals surface area contributed by atoms with Gasteiger partial charge in [0.15, 0.2) is 0 Å². The summed E-state index contributed by atoms with van der Waals surface area (Å²) in [5.74, 6) is 0.898. The highest BCUT2D eigenvalue weighted by Crippen LogP contribution is 2.28. The summed E-state index contributed by atoms with van der Waals surface area (Å²) in [6.45, 7) is 1.47. The molecule has 0 atom stereocenters. The lowest BCUT2D eigenvalue weighted by Crippen LogP contribution is -2.06. The van der Waals surface area contributed by atoms with Crippen molar-refractivity contribution in [3.63, 3.8) is 0 Å². The van der Waals surface area contributed by atoms with E-state index in [4.69, 9.17) is 4.74 Å². The fourth-order valence-corrected chi connectivity index (χ4v) is 3.20. The van der Waals surface area contributed by atoms with Crippen molar-refractivity contribution in [2.45, 2.75) is 13.0 Å². The average molecular weight is 299 g/mol. The molecule has 5 heteroatoms. The molecule has 0 aliphatic heterocycles. The van der Waals surface area contributed by atoms with Gasteiger partial charge in [0.1, 0.15) is 17.0 Å². The summed E-state index contributed by atoms with van der Waals surface area (Å²) >= 11 is 1.65. The Bertz CT molecular complexity index is 712. The highest BCUT2D eigenvalue weighted by Gasteiger charge is 2.08. The van der Waals surface area contributed by atoms with Gasteiger partial charge >= 0.3 is 0 Å². The summed E-state index contributed by atoms with van der Waals surface area (Å²) in [7, 11) is 1.70. The van der Waals surface area contributed by atoms with Crippen LogP contribution in [0.1, 0.15) is 10.4 Å². The molecule has 1 N–H and O–H groups in total. The van der Waals surface area contributed by atoms with Crippen LogP contribution >= 0.6 is 11.3 Å². The highest BCUT2D eigenvalue weighted by atomic mass is 32.1. The van der Waals surface area contributed by atoms with Crippen LogP contribution in [0.25, 0.3) is 10.2 Å². The van der Waals surface area contributed by atoms with Crippen LogP contribution in [-0.2, 0) is 17.8 Å². The average Bonchev–Trinajstić information content (AvgIpc) is 2.92. The van der Waals surface area contributed by atoms with Gasteiger partial charge in [-0.15, -0.1) is 11.3 Å². The lowest BCUT2D eigenvalue weighted by molar-refractivity contribution is 0.187. The van der Waals surface area contributed by atoms with Crippen LogP contribution in [0.5, 0.6) is 0 Å². The number of nitrogens with zero attached hydrogens (tertiary/aromatic N) is 2. The molecule has 0 unspecified atom stereocenters. The molecule has 0 saturated heterocycles. The Balaban J connectivity index is 1.71. The van der Waals surface area contributed by atoms with E-state index in [1.54, 1.807) is 24.8 Å². The number of fused-ring (bicyclic) bond motifs is 1. The van der Waals surface area contributed by atoms with E-state index in [0.29, 0.717) is 6.61 Å². The molecule has 2 heterocycles. The number of aromatic nitrogens is 2. The number of rotatable bonds is 6. The summed E-state index contributed by atoms with van der Waals surface area (Å²) < 4.78 is 5.18. The summed E-state index contributed by atoms with van der Waals surface area (Å²) in [4.78, 5) is 10.8. The number of ether oxygens (including phenoxy) is 1. The first kappa shape index (κ1) is 14.0. The third-order valence-electron chi connectivity index (χ3n) is 3.22. The zero-order valence-electron chi connectivity index (χ0n) is 11.9. The number of methoxy groups -OCH3 is 1. The van der Waals surface area contributed by atoms with E-state index in [2.05, 4.69) is 45.6 Å². The topological polar surface area (TPSA) is 47.0 Å². The van der Waals surface area contributed by atoms with Gasteiger partial charge < -0.3 is 10.1 Å². The number of anilines is 1. The SMILES string of the molecule is COCc1cc2c(NCCc3ccccc3)ncnc2s1. The van der Waals surface area contributed by atoms with E-state index in [1.165, 1.54) is 10.4 Å². The predicted molar refractivity (Wildman–Crippen MR) is 86.8 cm³/mol. The minimum absolute atomic E-state index is 0.616. The summed E-state index contributed by atoms with van der Waals surface area (Å²) in [6.07, 6.45) is 2.58. The van der Waals surface area contributed by atoms with Gasteiger partial charge in [-0.1, -0.05) is 30.3 Å². The predicted octanol–water partition coefficient (Wildman–Crippen LogP) is 3.49. The standard InChI is InChI=1S/C16H17N3OS/c1-20-10-13-9-14-15(18-11-19-16(14)21-13)17-8-7-12-5-3-2-4-6-12/h2-6,9,11H,7-8,10H2,1H3,(H,17,18,19). The molecule has 1 aromatic carbocycles. The molecule has 3 rings (SSSR count). The molecule has 0 aliphatic carbocycles. The van der Waals surface area contributed by atoms with Crippen molar-refractivity contribution in [2.75, 3.05) is 19.0 Å². The Morgan fingerprint density at radius 1 is 1.19 bits per heavy atom. The Kier molecular flexibility index (Phi) is 4.43. The van der Waals surface area contributed by atoms with Crippen molar-refractivity contribution in [3.8, 4) is 0 Å². The minimum Gasteiger partial charge on any atom is -0.379 e. The van der Waals surface area contributed by atoms with Crippen LogP contribution in [0.4, 0.5) is 5.82 Å². The number of hydrogen-bond acceptors (Lipinski definition) is 5. The number of nitrogens with one attached hydrogen (secondary N) is 1. The van der Waals surface area contributed by atoms with Crippen molar-refractivity contribution in [1.82, 2.24) is 9.97 Å². The van der Waals surface area contributed by atoms with Gasteiger partial charge in [-0.05, 0) is 18.1 Å². The van der Waals surface area contributed by atoms with Crippen molar-refractivity contribution >= 4 is 27.4 Å². The Hall–Kier alpha value is -1.98. The van der Waals surface area contributed by atoms with Crippen LogP contribution in [0.3, 0.4) is 0 Å². The van der Waals surface area contributed by atoms with Crippen LogP contribution in [0, 0.1) is 0 Å². The smallest absolute Gasteiger partial charge is 0.138 e. The minimum atomic E-state index is 0.616. The second-order valence-electron chi connectivity index (χ2n) is 4.75. The monoisotopic (exact) mass is 299 g/mol. The molecule has 21 heavy (non-hydrogen) atoms. The van der Waals surface area contributed by atoms with Gasteiger partial charge in [0.05, 0.1) is 12.0 Å².